The van der Waals surface area contributed by atoms with E-state index in [4.69, 9.17) is 8.37 Å². The predicted octanol–water partition coefficient (Wildman–Crippen LogP) is 6.35. The van der Waals surface area contributed by atoms with Crippen LogP contribution in [0.15, 0.2) is 99.6 Å². The normalized spacial score (nSPS) is 12.8. The van der Waals surface area contributed by atoms with Gasteiger partial charge in [0.15, 0.2) is 0 Å². The van der Waals surface area contributed by atoms with Gasteiger partial charge >= 0.3 is 21.3 Å². The van der Waals surface area contributed by atoms with Crippen molar-refractivity contribution in [3.05, 3.63) is 90.7 Å². The van der Waals surface area contributed by atoms with Crippen molar-refractivity contribution in [2.45, 2.75) is 26.4 Å². The molecule has 37 heavy (non-hydrogen) atoms. The molecule has 0 N–H and O–H groups in total. The van der Waals surface area contributed by atoms with E-state index < -0.39 is 44.1 Å². The van der Waals surface area contributed by atoms with E-state index >= 15 is 13.2 Å². The lowest BCUT2D eigenvalue weighted by atomic mass is 10.3. The molecule has 0 aliphatic heterocycles. The van der Waals surface area contributed by atoms with E-state index in [1.54, 1.807) is 36.4 Å². The molecule has 0 amide bonds. The fraction of sp³-hybridized carbons (Fsp3) is 0.240. The number of halogens is 4. The average Bonchev–Trinajstić information content (AvgIpc) is 2.90. The maximum atomic E-state index is 15.2. The lowest BCUT2D eigenvalue weighted by Crippen LogP contribution is -2.41. The van der Waals surface area contributed by atoms with Gasteiger partial charge in [0.05, 0.1) is 11.5 Å². The van der Waals surface area contributed by atoms with Crippen molar-refractivity contribution in [1.29, 1.82) is 0 Å². The van der Waals surface area contributed by atoms with Gasteiger partial charge in [-0.25, -0.2) is 12.8 Å². The minimum absolute atomic E-state index is 0.128. The molecular weight excluding hydrogens is 644 g/mol. The standard InChI is InChI=1S/C25H24F3IO6S2/c26-22-14-7-8-15-23(22)36(20-10-3-1-4-11-20,21-12-5-2-6-13-21)35-37(31,32)25(27,28)24(30)34-19-18-33-17-9-16-29/h1-8,10-15H,9,16-19H2. The number of carbonyl (C=O) groups is 1. The Morgan fingerprint density at radius 3 is 1.89 bits per heavy atom. The molecule has 0 radical (unpaired) electrons. The largest absolute Gasteiger partial charge is 0.466 e. The molecule has 12 heteroatoms. The van der Waals surface area contributed by atoms with Gasteiger partial charge in [-0.05, 0) is 53.1 Å². The summed E-state index contributed by atoms with van der Waals surface area (Å²) in [6, 6.07) is 20.4. The molecule has 6 nitrogen and oxygen atoms in total. The molecule has 0 atom stereocenters. The van der Waals surface area contributed by atoms with Crippen LogP contribution in [0.1, 0.15) is 6.42 Å². The smallest absolute Gasteiger partial charge is 0.458 e. The van der Waals surface area contributed by atoms with Gasteiger partial charge in [0.25, 0.3) is 0 Å². The summed E-state index contributed by atoms with van der Waals surface area (Å²) in [5, 5.41) is -5.08. The quantitative estimate of drug-likeness (QED) is 0.0916. The van der Waals surface area contributed by atoms with E-state index in [1.165, 1.54) is 42.5 Å². The van der Waals surface area contributed by atoms with Crippen molar-refractivity contribution in [2.24, 2.45) is 0 Å². The third kappa shape index (κ3) is 6.66. The minimum Gasteiger partial charge on any atom is -0.458 e. The summed E-state index contributed by atoms with van der Waals surface area (Å²) in [6.07, 6.45) is 0.715. The third-order valence-electron chi connectivity index (χ3n) is 4.92. The molecule has 0 aromatic heterocycles. The van der Waals surface area contributed by atoms with Crippen LogP contribution in [0, 0.1) is 5.82 Å². The summed E-state index contributed by atoms with van der Waals surface area (Å²) in [6.45, 7) is -0.424. The molecule has 0 spiro atoms. The van der Waals surface area contributed by atoms with E-state index in [2.05, 4.69) is 27.3 Å². The molecule has 0 saturated carbocycles. The highest BCUT2D eigenvalue weighted by Crippen LogP contribution is 2.71. The second-order valence-corrected chi connectivity index (χ2v) is 13.0. The Hall–Kier alpha value is -2.13. The van der Waals surface area contributed by atoms with Gasteiger partial charge < -0.3 is 9.47 Å². The second-order valence-electron chi connectivity index (χ2n) is 7.44. The van der Waals surface area contributed by atoms with Crippen LogP contribution in [0.25, 0.3) is 0 Å². The van der Waals surface area contributed by atoms with E-state index in [0.717, 1.165) is 10.5 Å². The number of alkyl halides is 3. The monoisotopic (exact) mass is 668 g/mol. The second kappa shape index (κ2) is 13.1. The predicted molar refractivity (Wildman–Crippen MR) is 142 cm³/mol. The van der Waals surface area contributed by atoms with Crippen molar-refractivity contribution in [3.63, 3.8) is 0 Å². The number of esters is 1. The van der Waals surface area contributed by atoms with Crippen LogP contribution in [-0.4, -0.2) is 43.9 Å². The van der Waals surface area contributed by atoms with Gasteiger partial charge in [-0.3, -0.25) is 0 Å². The average molecular weight is 668 g/mol. The van der Waals surface area contributed by atoms with Crippen LogP contribution in [0.2, 0.25) is 0 Å². The first-order valence-electron chi connectivity index (χ1n) is 11.0. The van der Waals surface area contributed by atoms with Crippen molar-refractivity contribution in [1.82, 2.24) is 0 Å². The zero-order chi connectivity index (χ0) is 26.9. The van der Waals surface area contributed by atoms with Crippen LogP contribution in [0.3, 0.4) is 0 Å². The van der Waals surface area contributed by atoms with Crippen molar-refractivity contribution >= 4 is 49.0 Å². The Balaban J connectivity index is 2.06. The minimum atomic E-state index is -6.01. The van der Waals surface area contributed by atoms with E-state index in [0.29, 0.717) is 13.0 Å². The molecule has 3 rings (SSSR count). The van der Waals surface area contributed by atoms with Gasteiger partial charge in [0.1, 0.15) is 12.4 Å². The number of benzene rings is 3. The van der Waals surface area contributed by atoms with Gasteiger partial charge in [0, 0.05) is 20.8 Å². The molecule has 200 valence electrons. The molecule has 3 aromatic rings. The summed E-state index contributed by atoms with van der Waals surface area (Å²) < 4.78 is 87.4. The van der Waals surface area contributed by atoms with Crippen molar-refractivity contribution in [3.8, 4) is 0 Å². The van der Waals surface area contributed by atoms with E-state index in [1.807, 2.05) is 0 Å². The first-order chi connectivity index (χ1) is 17.7. The summed E-state index contributed by atoms with van der Waals surface area (Å²) in [5.74, 6) is -3.18. The number of hydrogen-bond acceptors (Lipinski definition) is 6. The number of rotatable bonds is 13. The molecule has 3 aromatic carbocycles. The topological polar surface area (TPSA) is 78.9 Å². The summed E-state index contributed by atoms with van der Waals surface area (Å²) in [4.78, 5) is 12.2. The van der Waals surface area contributed by atoms with Crippen LogP contribution < -0.4 is 0 Å². The Morgan fingerprint density at radius 1 is 0.811 bits per heavy atom. The highest BCUT2D eigenvalue weighted by Gasteiger charge is 2.59. The molecule has 0 fully saturated rings. The van der Waals surface area contributed by atoms with Gasteiger partial charge in [-0.15, -0.1) is 0 Å². The first kappa shape index (κ1) is 29.4. The lowest BCUT2D eigenvalue weighted by molar-refractivity contribution is -0.162. The van der Waals surface area contributed by atoms with Gasteiger partial charge in [-0.2, -0.15) is 17.2 Å². The molecule has 0 saturated heterocycles. The molecule has 0 aliphatic rings. The molecule has 0 heterocycles. The van der Waals surface area contributed by atoms with Gasteiger partial charge in [0.2, 0.25) is 0 Å². The number of ether oxygens (including phenoxy) is 2. The fourth-order valence-corrected chi connectivity index (χ4v) is 8.61. The third-order valence-corrected chi connectivity index (χ3v) is 10.8. The fourth-order valence-electron chi connectivity index (χ4n) is 3.22. The SMILES string of the molecule is O=C(OCCOCCCI)C(F)(F)S(=O)(=O)OS(c1ccccc1)(c1ccccc1)c1ccccc1F. The highest BCUT2D eigenvalue weighted by atomic mass is 127. The Kier molecular flexibility index (Phi) is 10.4. The molecule has 0 unspecified atom stereocenters. The van der Waals surface area contributed by atoms with Gasteiger partial charge in [-0.1, -0.05) is 71.1 Å². The number of hydrogen-bond donors (Lipinski definition) is 0. The molecular formula is C25H24F3IO6S2. The maximum Gasteiger partial charge on any atom is 0.466 e. The van der Waals surface area contributed by atoms with Crippen molar-refractivity contribution < 1.29 is 39.5 Å². The van der Waals surface area contributed by atoms with E-state index in [9.17, 15) is 13.2 Å². The zero-order valence-electron chi connectivity index (χ0n) is 19.4. The van der Waals surface area contributed by atoms with Crippen LogP contribution in [0.5, 0.6) is 0 Å². The Morgan fingerprint density at radius 2 is 1.35 bits per heavy atom. The van der Waals surface area contributed by atoms with Crippen LogP contribution in [0.4, 0.5) is 13.2 Å². The summed E-state index contributed by atoms with van der Waals surface area (Å²) >= 11 is 2.14. The highest BCUT2D eigenvalue weighted by molar-refractivity contribution is 14.1. The van der Waals surface area contributed by atoms with Crippen LogP contribution >= 0.6 is 32.9 Å². The first-order valence-corrected chi connectivity index (χ1v) is 15.5. The van der Waals surface area contributed by atoms with Crippen molar-refractivity contribution in [2.75, 3.05) is 24.2 Å². The Bertz CT molecular complexity index is 1240. The maximum absolute atomic E-state index is 15.2. The number of carbonyl (C=O) groups excluding carboxylic acids is 1. The van der Waals surface area contributed by atoms with Crippen LogP contribution in [-0.2, 0) is 28.0 Å². The lowest BCUT2D eigenvalue weighted by Gasteiger charge is -2.39. The summed E-state index contributed by atoms with van der Waals surface area (Å²) in [7, 11) is -9.66. The van der Waals surface area contributed by atoms with E-state index in [-0.39, 0.29) is 21.3 Å². The molecule has 0 bridgehead atoms. The summed E-state index contributed by atoms with van der Waals surface area (Å²) in [5.41, 5.74) is 0. The Labute approximate surface area is 228 Å². The zero-order valence-corrected chi connectivity index (χ0v) is 23.2. The molecule has 0 aliphatic carbocycles.